The van der Waals surface area contributed by atoms with Crippen LogP contribution in [-0.2, 0) is 11.0 Å². The minimum Gasteiger partial charge on any atom is -0.389 e. The zero-order valence-electron chi connectivity index (χ0n) is 11.4. The fraction of sp³-hybridized carbons (Fsp3) is 0.571. The molecule has 0 saturated heterocycles. The second-order valence-corrected chi connectivity index (χ2v) is 5.44. The first-order valence-corrected chi connectivity index (χ1v) is 6.84. The first-order valence-electron chi connectivity index (χ1n) is 6.84. The highest BCUT2D eigenvalue weighted by atomic mass is 19.4. The van der Waals surface area contributed by atoms with Gasteiger partial charge in [-0.1, -0.05) is 19.3 Å². The number of rotatable bonds is 3. The molecule has 1 amide bonds. The number of carbonyl (C=O) groups is 1. The standard InChI is InChI=1S/C14H17F3N2O2/c15-14(16,17)11-5-4-10(9-18-11)19-12(20)8-13(21)6-2-1-3-7-13/h4-5,9,21H,1-3,6-8H2,(H,19,20). The van der Waals surface area contributed by atoms with Crippen LogP contribution in [0.5, 0.6) is 0 Å². The average molecular weight is 302 g/mol. The van der Waals surface area contributed by atoms with Crippen LogP contribution < -0.4 is 5.32 Å². The van der Waals surface area contributed by atoms with E-state index in [1.54, 1.807) is 0 Å². The lowest BCUT2D eigenvalue weighted by Crippen LogP contribution is -2.35. The van der Waals surface area contributed by atoms with Gasteiger partial charge in [0.05, 0.1) is 23.9 Å². The van der Waals surface area contributed by atoms with Gasteiger partial charge < -0.3 is 10.4 Å². The Kier molecular flexibility index (Phi) is 4.51. The van der Waals surface area contributed by atoms with Crippen molar-refractivity contribution in [2.75, 3.05) is 5.32 Å². The third kappa shape index (κ3) is 4.42. The SMILES string of the molecule is O=C(CC1(O)CCCCC1)Nc1ccc(C(F)(F)F)nc1. The van der Waals surface area contributed by atoms with Crippen molar-refractivity contribution in [3.05, 3.63) is 24.0 Å². The smallest absolute Gasteiger partial charge is 0.389 e. The molecule has 21 heavy (non-hydrogen) atoms. The lowest BCUT2D eigenvalue weighted by molar-refractivity contribution is -0.141. The molecule has 2 N–H and O–H groups in total. The minimum absolute atomic E-state index is 0.0476. The Balaban J connectivity index is 1.93. The van der Waals surface area contributed by atoms with Crippen molar-refractivity contribution in [3.8, 4) is 0 Å². The second-order valence-electron chi connectivity index (χ2n) is 5.44. The number of hydrogen-bond acceptors (Lipinski definition) is 3. The predicted octanol–water partition coefficient (Wildman–Crippen LogP) is 3.12. The number of anilines is 1. The topological polar surface area (TPSA) is 62.2 Å². The summed E-state index contributed by atoms with van der Waals surface area (Å²) in [5.74, 6) is -0.416. The Hall–Kier alpha value is -1.63. The molecule has 1 aliphatic carbocycles. The number of amides is 1. The highest BCUT2D eigenvalue weighted by molar-refractivity contribution is 5.91. The van der Waals surface area contributed by atoms with E-state index in [0.29, 0.717) is 12.8 Å². The summed E-state index contributed by atoms with van der Waals surface area (Å²) in [7, 11) is 0. The molecule has 0 unspecified atom stereocenters. The normalized spacial score (nSPS) is 18.3. The van der Waals surface area contributed by atoms with E-state index in [4.69, 9.17) is 0 Å². The van der Waals surface area contributed by atoms with Crippen LogP contribution in [0.2, 0.25) is 0 Å². The quantitative estimate of drug-likeness (QED) is 0.901. The Morgan fingerprint density at radius 1 is 1.29 bits per heavy atom. The highest BCUT2D eigenvalue weighted by Crippen LogP contribution is 2.31. The van der Waals surface area contributed by atoms with Crippen molar-refractivity contribution in [1.29, 1.82) is 0 Å². The third-order valence-corrected chi connectivity index (χ3v) is 3.61. The molecule has 1 saturated carbocycles. The average Bonchev–Trinajstić information content (AvgIpc) is 2.38. The van der Waals surface area contributed by atoms with Gasteiger partial charge in [-0.25, -0.2) is 4.98 Å². The predicted molar refractivity (Wildman–Crippen MR) is 70.5 cm³/mol. The van der Waals surface area contributed by atoms with Crippen molar-refractivity contribution in [1.82, 2.24) is 4.98 Å². The lowest BCUT2D eigenvalue weighted by Gasteiger charge is -2.31. The summed E-state index contributed by atoms with van der Waals surface area (Å²) >= 11 is 0. The number of pyridine rings is 1. The molecule has 1 fully saturated rings. The van der Waals surface area contributed by atoms with Crippen LogP contribution in [0.1, 0.15) is 44.2 Å². The van der Waals surface area contributed by atoms with Gasteiger partial charge in [0.1, 0.15) is 5.69 Å². The zero-order valence-corrected chi connectivity index (χ0v) is 11.4. The maximum atomic E-state index is 12.4. The van der Waals surface area contributed by atoms with Gasteiger partial charge in [0.2, 0.25) is 5.91 Å². The third-order valence-electron chi connectivity index (χ3n) is 3.61. The number of aliphatic hydroxyl groups is 1. The van der Waals surface area contributed by atoms with Crippen molar-refractivity contribution in [3.63, 3.8) is 0 Å². The first kappa shape index (κ1) is 15.8. The van der Waals surface area contributed by atoms with Crippen LogP contribution in [0, 0.1) is 0 Å². The van der Waals surface area contributed by atoms with Gasteiger partial charge in [-0.15, -0.1) is 0 Å². The van der Waals surface area contributed by atoms with Crippen LogP contribution in [0.25, 0.3) is 0 Å². The summed E-state index contributed by atoms with van der Waals surface area (Å²) in [5, 5.41) is 12.7. The van der Waals surface area contributed by atoms with Gasteiger partial charge >= 0.3 is 6.18 Å². The van der Waals surface area contributed by atoms with E-state index in [2.05, 4.69) is 10.3 Å². The summed E-state index contributed by atoms with van der Waals surface area (Å²) in [6.45, 7) is 0. The molecule has 0 spiro atoms. The molecule has 7 heteroatoms. The van der Waals surface area contributed by atoms with Gasteiger partial charge in [-0.05, 0) is 25.0 Å². The summed E-state index contributed by atoms with van der Waals surface area (Å²) in [4.78, 5) is 15.1. The fourth-order valence-electron chi connectivity index (χ4n) is 2.53. The zero-order chi connectivity index (χ0) is 15.5. The molecule has 0 aliphatic heterocycles. The Morgan fingerprint density at radius 3 is 2.48 bits per heavy atom. The fourth-order valence-corrected chi connectivity index (χ4v) is 2.53. The summed E-state index contributed by atoms with van der Waals surface area (Å²) < 4.78 is 37.1. The van der Waals surface area contributed by atoms with Crippen molar-refractivity contribution >= 4 is 11.6 Å². The monoisotopic (exact) mass is 302 g/mol. The summed E-state index contributed by atoms with van der Waals surface area (Å²) in [6.07, 6.45) is 0.376. The Labute approximate surface area is 120 Å². The van der Waals surface area contributed by atoms with Crippen LogP contribution in [0.4, 0.5) is 18.9 Å². The van der Waals surface area contributed by atoms with Crippen LogP contribution in [-0.4, -0.2) is 21.6 Å². The van der Waals surface area contributed by atoms with Gasteiger partial charge in [0, 0.05) is 0 Å². The molecule has 0 aromatic carbocycles. The van der Waals surface area contributed by atoms with Crippen molar-refractivity contribution in [2.45, 2.75) is 50.3 Å². The number of carbonyl (C=O) groups excluding carboxylic acids is 1. The highest BCUT2D eigenvalue weighted by Gasteiger charge is 2.33. The first-order chi connectivity index (χ1) is 9.78. The number of hydrogen-bond donors (Lipinski definition) is 2. The molecule has 0 bridgehead atoms. The molecule has 1 aliphatic rings. The van der Waals surface area contributed by atoms with Gasteiger partial charge in [-0.3, -0.25) is 4.79 Å². The number of halogens is 3. The lowest BCUT2D eigenvalue weighted by atomic mass is 9.82. The molecule has 1 aromatic rings. The maximum Gasteiger partial charge on any atom is 0.433 e. The van der Waals surface area contributed by atoms with Gasteiger partial charge in [-0.2, -0.15) is 13.2 Å². The molecular weight excluding hydrogens is 285 g/mol. The number of nitrogens with zero attached hydrogens (tertiary/aromatic N) is 1. The van der Waals surface area contributed by atoms with E-state index in [1.807, 2.05) is 0 Å². The maximum absolute atomic E-state index is 12.4. The molecule has 2 rings (SSSR count). The van der Waals surface area contributed by atoms with E-state index < -0.39 is 23.4 Å². The number of alkyl halides is 3. The summed E-state index contributed by atoms with van der Waals surface area (Å²) in [6, 6.07) is 1.96. The van der Waals surface area contributed by atoms with E-state index >= 15 is 0 Å². The molecular formula is C14H17F3N2O2. The van der Waals surface area contributed by atoms with Crippen molar-refractivity contribution in [2.24, 2.45) is 0 Å². The van der Waals surface area contributed by atoms with E-state index in [-0.39, 0.29) is 12.1 Å². The van der Waals surface area contributed by atoms with E-state index in [0.717, 1.165) is 37.6 Å². The van der Waals surface area contributed by atoms with Gasteiger partial charge in [0.25, 0.3) is 0 Å². The molecule has 0 atom stereocenters. The number of aromatic nitrogens is 1. The molecule has 1 aromatic heterocycles. The van der Waals surface area contributed by atoms with Crippen molar-refractivity contribution < 1.29 is 23.1 Å². The van der Waals surface area contributed by atoms with E-state index in [1.165, 1.54) is 0 Å². The van der Waals surface area contributed by atoms with Crippen LogP contribution in [0.3, 0.4) is 0 Å². The Morgan fingerprint density at radius 2 is 1.95 bits per heavy atom. The molecule has 4 nitrogen and oxygen atoms in total. The van der Waals surface area contributed by atoms with Crippen LogP contribution in [0.15, 0.2) is 18.3 Å². The van der Waals surface area contributed by atoms with E-state index in [9.17, 15) is 23.1 Å². The largest absolute Gasteiger partial charge is 0.433 e. The molecule has 1 heterocycles. The second kappa shape index (κ2) is 6.01. The molecule has 116 valence electrons. The molecule has 0 radical (unpaired) electrons. The minimum atomic E-state index is -4.50. The summed E-state index contributed by atoms with van der Waals surface area (Å²) in [5.41, 5.74) is -1.82. The van der Waals surface area contributed by atoms with Gasteiger partial charge in [0.15, 0.2) is 0 Å². The van der Waals surface area contributed by atoms with Crippen LogP contribution >= 0.6 is 0 Å². The Bertz CT molecular complexity index is 494. The number of nitrogens with one attached hydrogen (secondary N) is 1.